The van der Waals surface area contributed by atoms with Crippen LogP contribution < -0.4 is 5.32 Å². The van der Waals surface area contributed by atoms with Crippen molar-refractivity contribution in [2.45, 2.75) is 0 Å². The maximum Gasteiger partial charge on any atom is 0.164 e. The van der Waals surface area contributed by atoms with Crippen LogP contribution in [0.3, 0.4) is 0 Å². The van der Waals surface area contributed by atoms with Gasteiger partial charge in [0.15, 0.2) is 17.5 Å². The Bertz CT molecular complexity index is 3070. The van der Waals surface area contributed by atoms with Crippen LogP contribution in [0, 0.1) is 5.41 Å². The van der Waals surface area contributed by atoms with Gasteiger partial charge < -0.3 is 5.32 Å². The molecular formula is C56H39N5. The van der Waals surface area contributed by atoms with E-state index in [1.807, 2.05) is 91.0 Å². The Labute approximate surface area is 355 Å². The van der Waals surface area contributed by atoms with Gasteiger partial charge in [-0.1, -0.05) is 206 Å². The summed E-state index contributed by atoms with van der Waals surface area (Å²) < 4.78 is 0. The Morgan fingerprint density at radius 2 is 0.787 bits per heavy atom. The van der Waals surface area contributed by atoms with Gasteiger partial charge in [-0.05, 0) is 57.2 Å². The zero-order valence-electron chi connectivity index (χ0n) is 33.2. The van der Waals surface area contributed by atoms with Crippen LogP contribution in [0.15, 0.2) is 218 Å². The van der Waals surface area contributed by atoms with Crippen LogP contribution in [0.1, 0.15) is 27.8 Å². The fourth-order valence-electron chi connectivity index (χ4n) is 7.84. The normalized spacial score (nSPS) is 12.8. The molecule has 0 bridgehead atoms. The maximum absolute atomic E-state index is 9.69. The summed E-state index contributed by atoms with van der Waals surface area (Å²) in [5.41, 5.74) is 15.1. The minimum absolute atomic E-state index is 0.441. The van der Waals surface area contributed by atoms with Gasteiger partial charge in [-0.3, -0.25) is 5.41 Å². The van der Waals surface area contributed by atoms with Gasteiger partial charge in [-0.15, -0.1) is 0 Å². The Balaban J connectivity index is 1.10. The highest BCUT2D eigenvalue weighted by Gasteiger charge is 2.24. The molecule has 5 heteroatoms. The van der Waals surface area contributed by atoms with E-state index < -0.39 is 0 Å². The standard InChI is InChI=1S/C56H39N5/c57-52(42-23-12-4-13-24-42)51(41-21-10-3-11-22-41)53-49-36-46(33-34-47(49)37-50(58-53)40-19-8-2-9-20-40)45-27-16-28-48(35-45)56-60-54(43-25-14-5-15-26-43)59-55(61-56)44-31-29-39(30-32-44)38-17-6-1-7-18-38/h1-37,57-58H/b53-51-,57-52?. The first kappa shape index (κ1) is 37.0. The Kier molecular flexibility index (Phi) is 10.0. The molecular weight excluding hydrogens is 743 g/mol. The van der Waals surface area contributed by atoms with Crippen LogP contribution in [-0.2, 0) is 0 Å². The summed E-state index contributed by atoms with van der Waals surface area (Å²) in [6, 6.07) is 74.4. The van der Waals surface area contributed by atoms with Gasteiger partial charge in [0.2, 0.25) is 0 Å². The predicted molar refractivity (Wildman–Crippen MR) is 251 cm³/mol. The van der Waals surface area contributed by atoms with Crippen molar-refractivity contribution in [3.05, 3.63) is 246 Å². The van der Waals surface area contributed by atoms with Gasteiger partial charge in [0, 0.05) is 39.1 Å². The van der Waals surface area contributed by atoms with Gasteiger partial charge in [0.25, 0.3) is 0 Å². The predicted octanol–water partition coefficient (Wildman–Crippen LogP) is 13.2. The second-order valence-corrected chi connectivity index (χ2v) is 14.9. The van der Waals surface area contributed by atoms with E-state index in [4.69, 9.17) is 15.0 Å². The molecule has 0 saturated carbocycles. The third kappa shape index (κ3) is 7.72. The van der Waals surface area contributed by atoms with Crippen LogP contribution in [-0.4, -0.2) is 20.7 Å². The van der Waals surface area contributed by atoms with Gasteiger partial charge >= 0.3 is 0 Å². The summed E-state index contributed by atoms with van der Waals surface area (Å²) in [4.78, 5) is 15.1. The smallest absolute Gasteiger partial charge is 0.164 e. The monoisotopic (exact) mass is 781 g/mol. The molecule has 0 radical (unpaired) electrons. The first-order valence-corrected chi connectivity index (χ1v) is 20.4. The molecule has 61 heavy (non-hydrogen) atoms. The molecule has 10 rings (SSSR count). The number of nitrogens with zero attached hydrogens (tertiary/aromatic N) is 3. The molecule has 288 valence electrons. The average molecular weight is 782 g/mol. The molecule has 0 fully saturated rings. The summed E-state index contributed by atoms with van der Waals surface area (Å²) in [5.74, 6) is 1.82. The summed E-state index contributed by atoms with van der Waals surface area (Å²) in [6.45, 7) is 0. The van der Waals surface area contributed by atoms with E-state index in [1.165, 1.54) is 0 Å². The lowest BCUT2D eigenvalue weighted by Crippen LogP contribution is -2.20. The zero-order valence-corrected chi connectivity index (χ0v) is 33.2. The highest BCUT2D eigenvalue weighted by atomic mass is 15.0. The van der Waals surface area contributed by atoms with Crippen LogP contribution in [0.5, 0.6) is 0 Å². The topological polar surface area (TPSA) is 74.6 Å². The second-order valence-electron chi connectivity index (χ2n) is 14.9. The lowest BCUT2D eigenvalue weighted by molar-refractivity contribution is 1.07. The molecule has 1 aliphatic rings. The number of fused-ring (bicyclic) bond motifs is 1. The van der Waals surface area contributed by atoms with Crippen molar-refractivity contribution in [3.8, 4) is 56.4 Å². The average Bonchev–Trinajstić information content (AvgIpc) is 3.35. The number of hydrogen-bond acceptors (Lipinski definition) is 5. The molecule has 0 aliphatic carbocycles. The van der Waals surface area contributed by atoms with Crippen LogP contribution in [0.2, 0.25) is 0 Å². The number of nitrogens with one attached hydrogen (secondary N) is 2. The fraction of sp³-hybridized carbons (Fsp3) is 0. The molecule has 0 saturated heterocycles. The molecule has 0 atom stereocenters. The Morgan fingerprint density at radius 1 is 0.361 bits per heavy atom. The maximum atomic E-state index is 9.69. The lowest BCUT2D eigenvalue weighted by Gasteiger charge is -2.27. The van der Waals surface area contributed by atoms with Crippen LogP contribution in [0.4, 0.5) is 0 Å². The number of hydrogen-bond donors (Lipinski definition) is 2. The second kappa shape index (κ2) is 16.5. The Morgan fingerprint density at radius 3 is 1.41 bits per heavy atom. The van der Waals surface area contributed by atoms with E-state index in [0.717, 1.165) is 83.7 Å². The first-order chi connectivity index (χ1) is 30.1. The van der Waals surface area contributed by atoms with Gasteiger partial charge in [-0.2, -0.15) is 0 Å². The van der Waals surface area contributed by atoms with E-state index >= 15 is 0 Å². The summed E-state index contributed by atoms with van der Waals surface area (Å²) in [7, 11) is 0. The van der Waals surface area contributed by atoms with E-state index in [-0.39, 0.29) is 0 Å². The van der Waals surface area contributed by atoms with Crippen molar-refractivity contribution in [1.82, 2.24) is 20.3 Å². The fourth-order valence-corrected chi connectivity index (χ4v) is 7.84. The number of aromatic nitrogens is 3. The minimum Gasteiger partial charge on any atom is -0.354 e. The number of rotatable bonds is 9. The number of allylic oxidation sites excluding steroid dienone is 1. The molecule has 9 aromatic rings. The number of benzene rings is 8. The summed E-state index contributed by atoms with van der Waals surface area (Å²) in [6.07, 6.45) is 2.20. The first-order valence-electron chi connectivity index (χ1n) is 20.4. The zero-order chi connectivity index (χ0) is 41.0. The quantitative estimate of drug-likeness (QED) is 0.143. The highest BCUT2D eigenvalue weighted by molar-refractivity contribution is 6.36. The highest BCUT2D eigenvalue weighted by Crippen LogP contribution is 2.39. The van der Waals surface area contributed by atoms with Crippen molar-refractivity contribution in [3.63, 3.8) is 0 Å². The third-order valence-electron chi connectivity index (χ3n) is 11.0. The molecule has 1 aromatic heterocycles. The van der Waals surface area contributed by atoms with Crippen molar-refractivity contribution in [2.75, 3.05) is 0 Å². The van der Waals surface area contributed by atoms with Crippen molar-refractivity contribution < 1.29 is 0 Å². The minimum atomic E-state index is 0.441. The third-order valence-corrected chi connectivity index (χ3v) is 11.0. The van der Waals surface area contributed by atoms with Crippen molar-refractivity contribution in [2.24, 2.45) is 0 Å². The Hall–Kier alpha value is -8.28. The molecule has 2 N–H and O–H groups in total. The molecule has 0 amide bonds. The van der Waals surface area contributed by atoms with Crippen molar-refractivity contribution >= 4 is 28.8 Å². The summed E-state index contributed by atoms with van der Waals surface area (Å²) in [5, 5.41) is 13.5. The van der Waals surface area contributed by atoms with E-state index in [1.54, 1.807) is 0 Å². The molecule has 1 aliphatic heterocycles. The molecule has 2 heterocycles. The van der Waals surface area contributed by atoms with Gasteiger partial charge in [0.05, 0.1) is 11.4 Å². The molecule has 5 nitrogen and oxygen atoms in total. The van der Waals surface area contributed by atoms with Gasteiger partial charge in [-0.25, -0.2) is 15.0 Å². The lowest BCUT2D eigenvalue weighted by atomic mass is 9.86. The SMILES string of the molecule is N=C(/C(=C1\NC(c2ccccc2)=Cc2ccc(-c3cccc(-c4nc(-c5ccccc5)nc(-c5ccc(-c6ccccc6)cc5)n4)c3)cc21)c1ccccc1)c1ccccc1. The van der Waals surface area contributed by atoms with E-state index in [9.17, 15) is 5.41 Å². The van der Waals surface area contributed by atoms with E-state index in [2.05, 4.69) is 139 Å². The van der Waals surface area contributed by atoms with Crippen LogP contribution in [0.25, 0.3) is 79.5 Å². The van der Waals surface area contributed by atoms with Crippen LogP contribution >= 0.6 is 0 Å². The van der Waals surface area contributed by atoms with E-state index in [0.29, 0.717) is 23.2 Å². The molecule has 0 unspecified atom stereocenters. The largest absolute Gasteiger partial charge is 0.354 e. The summed E-state index contributed by atoms with van der Waals surface area (Å²) >= 11 is 0. The molecule has 0 spiro atoms. The molecule has 8 aromatic carbocycles. The van der Waals surface area contributed by atoms with Crippen molar-refractivity contribution in [1.29, 1.82) is 5.41 Å². The van der Waals surface area contributed by atoms with Gasteiger partial charge in [0.1, 0.15) is 0 Å².